The third-order valence-electron chi connectivity index (χ3n) is 2.22. The molecule has 0 aromatic carbocycles. The molecule has 0 unspecified atom stereocenters. The molecule has 0 fully saturated rings. The number of nitrogens with one attached hydrogen (secondary N) is 1. The average Bonchev–Trinajstić information content (AvgIpc) is 2.52. The van der Waals surface area contributed by atoms with Gasteiger partial charge in [-0.15, -0.1) is 0 Å². The van der Waals surface area contributed by atoms with Crippen molar-refractivity contribution in [3.05, 3.63) is 23.7 Å². The van der Waals surface area contributed by atoms with Crippen LogP contribution in [0.25, 0.3) is 0 Å². The molecule has 0 radical (unpaired) electrons. The second-order valence-corrected chi connectivity index (χ2v) is 3.47. The average molecular weight is 198 g/mol. The Kier molecular flexibility index (Phi) is 3.30. The molecular formula is C10H16NO3+. The number of hydrogen-bond donors (Lipinski definition) is 1. The summed E-state index contributed by atoms with van der Waals surface area (Å²) in [6.45, 7) is 1.84. The predicted octanol–water partition coefficient (Wildman–Crippen LogP) is -0.0534. The van der Waals surface area contributed by atoms with E-state index < -0.39 is 0 Å². The van der Waals surface area contributed by atoms with Gasteiger partial charge in [-0.2, -0.15) is 0 Å². The zero-order chi connectivity index (χ0) is 10.7. The molecule has 4 heteroatoms. The number of methoxy groups -OCH3 is 1. The van der Waals surface area contributed by atoms with Gasteiger partial charge in [0.2, 0.25) is 6.04 Å². The van der Waals surface area contributed by atoms with Gasteiger partial charge in [-0.1, -0.05) is 0 Å². The minimum atomic E-state index is -0.307. The van der Waals surface area contributed by atoms with Crippen LogP contribution in [0, 0.1) is 6.92 Å². The zero-order valence-electron chi connectivity index (χ0n) is 8.96. The molecule has 0 spiro atoms. The van der Waals surface area contributed by atoms with Crippen molar-refractivity contribution < 1.29 is 18.8 Å². The molecule has 0 bridgehead atoms. The Morgan fingerprint density at radius 3 is 2.57 bits per heavy atom. The fourth-order valence-electron chi connectivity index (χ4n) is 1.49. The molecule has 1 aromatic rings. The summed E-state index contributed by atoms with van der Waals surface area (Å²) in [7, 11) is 5.22. The summed E-state index contributed by atoms with van der Waals surface area (Å²) in [6, 6.07) is 1.50. The summed E-state index contributed by atoms with van der Waals surface area (Å²) < 4.78 is 9.92. The Hall–Kier alpha value is -1.29. The van der Waals surface area contributed by atoms with Crippen molar-refractivity contribution in [2.24, 2.45) is 0 Å². The van der Waals surface area contributed by atoms with E-state index in [9.17, 15) is 4.79 Å². The Bertz CT molecular complexity index is 317. The van der Waals surface area contributed by atoms with Crippen LogP contribution in [0.1, 0.15) is 17.4 Å². The number of esters is 1. The molecule has 0 aliphatic heterocycles. The van der Waals surface area contributed by atoms with Crippen LogP contribution in [0.5, 0.6) is 0 Å². The first-order valence-corrected chi connectivity index (χ1v) is 4.49. The van der Waals surface area contributed by atoms with Crippen molar-refractivity contribution in [1.82, 2.24) is 0 Å². The molecule has 14 heavy (non-hydrogen) atoms. The molecule has 1 rings (SSSR count). The van der Waals surface area contributed by atoms with Gasteiger partial charge in [-0.3, -0.25) is 0 Å². The van der Waals surface area contributed by atoms with Gasteiger partial charge >= 0.3 is 5.97 Å². The minimum Gasteiger partial charge on any atom is -0.469 e. The lowest BCUT2D eigenvalue weighted by molar-refractivity contribution is -0.882. The van der Waals surface area contributed by atoms with E-state index in [2.05, 4.69) is 0 Å². The van der Waals surface area contributed by atoms with E-state index in [0.717, 1.165) is 16.2 Å². The number of rotatable bonds is 3. The maximum absolute atomic E-state index is 11.5. The predicted molar refractivity (Wildman–Crippen MR) is 51.0 cm³/mol. The van der Waals surface area contributed by atoms with Crippen molar-refractivity contribution in [3.8, 4) is 0 Å². The van der Waals surface area contributed by atoms with Crippen LogP contribution in [0.3, 0.4) is 0 Å². The number of likely N-dealkylation sites (N-methyl/N-ethyl adjacent to an activating group) is 1. The summed E-state index contributed by atoms with van der Waals surface area (Å²) in [4.78, 5) is 12.5. The molecule has 0 aliphatic rings. The summed E-state index contributed by atoms with van der Waals surface area (Å²) in [5.74, 6) is 0.524. The molecule has 1 atom stereocenters. The van der Waals surface area contributed by atoms with Gasteiger partial charge in [0.25, 0.3) is 0 Å². The number of aryl methyl sites for hydroxylation is 1. The van der Waals surface area contributed by atoms with Gasteiger partial charge in [0.15, 0.2) is 0 Å². The number of carbonyl (C=O) groups is 1. The van der Waals surface area contributed by atoms with E-state index in [0.29, 0.717) is 0 Å². The van der Waals surface area contributed by atoms with Gasteiger partial charge in [0.05, 0.1) is 33.0 Å². The smallest absolute Gasteiger partial charge is 0.369 e. The molecule has 0 saturated carbocycles. The van der Waals surface area contributed by atoms with Crippen LogP contribution in [0.2, 0.25) is 0 Å². The highest BCUT2D eigenvalue weighted by atomic mass is 16.5. The second-order valence-electron chi connectivity index (χ2n) is 3.47. The van der Waals surface area contributed by atoms with Crippen molar-refractivity contribution in [2.75, 3.05) is 21.2 Å². The lowest BCUT2D eigenvalue weighted by Gasteiger charge is -2.18. The van der Waals surface area contributed by atoms with Gasteiger partial charge in [-0.05, 0) is 13.0 Å². The fourth-order valence-corrected chi connectivity index (χ4v) is 1.49. The van der Waals surface area contributed by atoms with Gasteiger partial charge in [0.1, 0.15) is 5.76 Å². The van der Waals surface area contributed by atoms with Gasteiger partial charge in [0, 0.05) is 0 Å². The third kappa shape index (κ3) is 1.96. The molecular weight excluding hydrogens is 182 g/mol. The SMILES string of the molecule is COC(=O)[C@H](c1ccoc1C)[NH+](C)C. The number of carbonyl (C=O) groups excluding carboxylic acids is 1. The van der Waals surface area contributed by atoms with Crippen LogP contribution in [-0.4, -0.2) is 27.2 Å². The van der Waals surface area contributed by atoms with E-state index in [4.69, 9.17) is 9.15 Å². The maximum Gasteiger partial charge on any atom is 0.369 e. The van der Waals surface area contributed by atoms with Crippen molar-refractivity contribution in [3.63, 3.8) is 0 Å². The van der Waals surface area contributed by atoms with Crippen LogP contribution >= 0.6 is 0 Å². The molecule has 1 N–H and O–H groups in total. The molecule has 0 saturated heterocycles. The van der Waals surface area contributed by atoms with E-state index in [1.165, 1.54) is 7.11 Å². The van der Waals surface area contributed by atoms with E-state index >= 15 is 0 Å². The number of quaternary nitrogens is 1. The molecule has 0 aliphatic carbocycles. The number of hydrogen-bond acceptors (Lipinski definition) is 3. The van der Waals surface area contributed by atoms with E-state index in [1.807, 2.05) is 27.1 Å². The second kappa shape index (κ2) is 4.28. The highest BCUT2D eigenvalue weighted by Crippen LogP contribution is 2.16. The highest BCUT2D eigenvalue weighted by Gasteiger charge is 2.30. The molecule has 4 nitrogen and oxygen atoms in total. The largest absolute Gasteiger partial charge is 0.469 e. The quantitative estimate of drug-likeness (QED) is 0.692. The Morgan fingerprint density at radius 2 is 2.21 bits per heavy atom. The van der Waals surface area contributed by atoms with Crippen molar-refractivity contribution >= 4 is 5.97 Å². The first kappa shape index (κ1) is 10.8. The standard InChI is InChI=1S/C10H15NO3/c1-7-8(5-6-14-7)9(11(2)3)10(12)13-4/h5-6,9H,1-4H3/p+1/t9-/m0/s1. The number of furan rings is 1. The summed E-state index contributed by atoms with van der Waals surface area (Å²) >= 11 is 0. The van der Waals surface area contributed by atoms with Crippen molar-refractivity contribution in [1.29, 1.82) is 0 Å². The Labute approximate surface area is 83.5 Å². The Balaban J connectivity index is 3.00. The van der Waals surface area contributed by atoms with Gasteiger partial charge < -0.3 is 14.1 Å². The van der Waals surface area contributed by atoms with Gasteiger partial charge in [-0.25, -0.2) is 4.79 Å². The third-order valence-corrected chi connectivity index (χ3v) is 2.22. The lowest BCUT2D eigenvalue weighted by Crippen LogP contribution is -3.07. The first-order chi connectivity index (χ1) is 6.57. The highest BCUT2D eigenvalue weighted by molar-refractivity contribution is 5.76. The fraction of sp³-hybridized carbons (Fsp3) is 0.500. The normalized spacial score (nSPS) is 12.9. The van der Waals surface area contributed by atoms with Crippen LogP contribution < -0.4 is 4.90 Å². The van der Waals surface area contributed by atoms with E-state index in [-0.39, 0.29) is 12.0 Å². The summed E-state index contributed by atoms with van der Waals surface area (Å²) in [6.07, 6.45) is 1.59. The zero-order valence-corrected chi connectivity index (χ0v) is 8.96. The van der Waals surface area contributed by atoms with Crippen LogP contribution in [0.15, 0.2) is 16.7 Å². The van der Waals surface area contributed by atoms with Crippen LogP contribution in [-0.2, 0) is 9.53 Å². The van der Waals surface area contributed by atoms with Crippen molar-refractivity contribution in [2.45, 2.75) is 13.0 Å². The minimum absolute atomic E-state index is 0.241. The van der Waals surface area contributed by atoms with Crippen LogP contribution in [0.4, 0.5) is 0 Å². The van der Waals surface area contributed by atoms with E-state index in [1.54, 1.807) is 6.26 Å². The monoisotopic (exact) mass is 198 g/mol. The molecule has 78 valence electrons. The molecule has 1 heterocycles. The summed E-state index contributed by atoms with van der Waals surface area (Å²) in [5.41, 5.74) is 0.886. The topological polar surface area (TPSA) is 43.9 Å². The summed E-state index contributed by atoms with van der Waals surface area (Å²) in [5, 5.41) is 0. The number of ether oxygens (including phenoxy) is 1. The maximum atomic E-state index is 11.5. The lowest BCUT2D eigenvalue weighted by atomic mass is 10.1. The first-order valence-electron chi connectivity index (χ1n) is 4.49. The molecule has 1 aromatic heterocycles. The molecule has 0 amide bonds. The Morgan fingerprint density at radius 1 is 1.57 bits per heavy atom.